The first-order valence-corrected chi connectivity index (χ1v) is 10.3. The summed E-state index contributed by atoms with van der Waals surface area (Å²) in [6.07, 6.45) is 3.03. The molecule has 0 saturated carbocycles. The van der Waals surface area contributed by atoms with Crippen LogP contribution in [0.4, 0.5) is 0 Å². The van der Waals surface area contributed by atoms with Crippen molar-refractivity contribution < 1.29 is 33.6 Å². The molecule has 1 rings (SSSR count). The number of carbonyl (C=O) groups excluding carboxylic acids is 6. The fraction of sp³-hybridized carbons (Fsp3) is 0.684. The van der Waals surface area contributed by atoms with Gasteiger partial charge in [0, 0.05) is 38.8 Å². The average Bonchev–Trinajstić information content (AvgIpc) is 3.02. The van der Waals surface area contributed by atoms with Crippen molar-refractivity contribution in [1.82, 2.24) is 21.0 Å². The van der Waals surface area contributed by atoms with E-state index in [0.717, 1.165) is 25.8 Å². The average molecular weight is 441 g/mol. The molecule has 31 heavy (non-hydrogen) atoms. The van der Waals surface area contributed by atoms with Gasteiger partial charge in [0.1, 0.15) is 0 Å². The molecule has 4 amide bonds. The lowest BCUT2D eigenvalue weighted by Gasteiger charge is -2.12. The van der Waals surface area contributed by atoms with Crippen LogP contribution in [0.25, 0.3) is 0 Å². The Morgan fingerprint density at radius 3 is 2.26 bits per heavy atom. The summed E-state index contributed by atoms with van der Waals surface area (Å²) >= 11 is 0. The number of nitrogens with one attached hydrogen (secondary N) is 3. The molecule has 0 aliphatic carbocycles. The number of imide groups is 1. The molecular weight excluding hydrogens is 410 g/mol. The number of unbranched alkanes of at least 4 members (excludes halogenated alkanes) is 2. The number of hydrogen-bond acceptors (Lipinski definition) is 9. The standard InChI is InChI=1S/C19H31N5O7/c20-15(26)5-2-1-3-10-21-13-22-11-14(25)12-23-16(27)6-4-7-19(30)31-24-17(28)8-9-18(24)29/h21-22H,1-13H2,(H2,20,26)(H,23,27). The fourth-order valence-electron chi connectivity index (χ4n) is 2.65. The second-order valence-electron chi connectivity index (χ2n) is 7.09. The Hall–Kier alpha value is -2.86. The van der Waals surface area contributed by atoms with Crippen LogP contribution in [-0.2, 0) is 33.6 Å². The highest BCUT2D eigenvalue weighted by atomic mass is 16.7. The van der Waals surface area contributed by atoms with Crippen LogP contribution in [0, 0.1) is 0 Å². The molecule has 0 bridgehead atoms. The number of hydrogen-bond donors (Lipinski definition) is 4. The van der Waals surface area contributed by atoms with E-state index >= 15 is 0 Å². The van der Waals surface area contributed by atoms with Crippen LogP contribution in [0.1, 0.15) is 57.8 Å². The van der Waals surface area contributed by atoms with E-state index in [1.165, 1.54) is 0 Å². The molecule has 0 atom stereocenters. The zero-order valence-electron chi connectivity index (χ0n) is 17.6. The van der Waals surface area contributed by atoms with Gasteiger partial charge < -0.3 is 21.2 Å². The Labute approximate surface area is 180 Å². The Morgan fingerprint density at radius 1 is 0.871 bits per heavy atom. The number of rotatable bonds is 17. The van der Waals surface area contributed by atoms with Gasteiger partial charge in [-0.1, -0.05) is 6.42 Å². The van der Waals surface area contributed by atoms with E-state index in [9.17, 15) is 28.8 Å². The van der Waals surface area contributed by atoms with Crippen LogP contribution in [0.2, 0.25) is 0 Å². The SMILES string of the molecule is NC(=O)CCCCCNCNCC(=O)CNC(=O)CCCC(=O)ON1C(=O)CCC1=O. The fourth-order valence-corrected chi connectivity index (χ4v) is 2.65. The third-order valence-electron chi connectivity index (χ3n) is 4.32. The zero-order chi connectivity index (χ0) is 23.1. The van der Waals surface area contributed by atoms with E-state index in [2.05, 4.69) is 16.0 Å². The third kappa shape index (κ3) is 12.4. The molecule has 1 aliphatic rings. The monoisotopic (exact) mass is 441 g/mol. The normalized spacial score (nSPS) is 13.4. The molecule has 12 nitrogen and oxygen atoms in total. The Morgan fingerprint density at radius 2 is 1.58 bits per heavy atom. The first-order chi connectivity index (χ1) is 14.8. The van der Waals surface area contributed by atoms with Gasteiger partial charge in [-0.3, -0.25) is 29.3 Å². The van der Waals surface area contributed by atoms with Gasteiger partial charge in [0.15, 0.2) is 5.78 Å². The molecule has 0 aromatic heterocycles. The summed E-state index contributed by atoms with van der Waals surface area (Å²) in [5, 5.41) is 8.95. The van der Waals surface area contributed by atoms with E-state index in [1.54, 1.807) is 0 Å². The highest BCUT2D eigenvalue weighted by molar-refractivity contribution is 6.01. The van der Waals surface area contributed by atoms with Crippen molar-refractivity contribution in [2.45, 2.75) is 57.8 Å². The molecular formula is C19H31N5O7. The minimum Gasteiger partial charge on any atom is -0.370 e. The van der Waals surface area contributed by atoms with Crippen LogP contribution in [0.15, 0.2) is 0 Å². The third-order valence-corrected chi connectivity index (χ3v) is 4.32. The number of nitrogens with two attached hydrogens (primary N) is 1. The topological polar surface area (TPSA) is 177 Å². The predicted molar refractivity (Wildman–Crippen MR) is 108 cm³/mol. The lowest BCUT2D eigenvalue weighted by molar-refractivity contribution is -0.197. The van der Waals surface area contributed by atoms with Gasteiger partial charge in [-0.25, -0.2) is 4.79 Å². The van der Waals surface area contributed by atoms with Crippen molar-refractivity contribution in [3.05, 3.63) is 0 Å². The van der Waals surface area contributed by atoms with E-state index in [0.29, 0.717) is 18.2 Å². The summed E-state index contributed by atoms with van der Waals surface area (Å²) in [5.74, 6) is -2.75. The van der Waals surface area contributed by atoms with Crippen molar-refractivity contribution in [3.8, 4) is 0 Å². The largest absolute Gasteiger partial charge is 0.370 e. The van der Waals surface area contributed by atoms with Gasteiger partial charge in [-0.2, -0.15) is 0 Å². The van der Waals surface area contributed by atoms with E-state index in [4.69, 9.17) is 10.6 Å². The first-order valence-electron chi connectivity index (χ1n) is 10.3. The number of nitrogens with zero attached hydrogens (tertiary/aromatic N) is 1. The summed E-state index contributed by atoms with van der Waals surface area (Å²) in [7, 11) is 0. The number of Topliss-reactive ketones (excluding diaryl/α,β-unsaturated/α-hetero) is 1. The summed E-state index contributed by atoms with van der Waals surface area (Å²) < 4.78 is 0. The van der Waals surface area contributed by atoms with Crippen LogP contribution in [0.5, 0.6) is 0 Å². The zero-order valence-corrected chi connectivity index (χ0v) is 17.6. The summed E-state index contributed by atoms with van der Waals surface area (Å²) in [4.78, 5) is 73.0. The lowest BCUT2D eigenvalue weighted by atomic mass is 10.2. The maximum atomic E-state index is 11.7. The van der Waals surface area contributed by atoms with Crippen molar-refractivity contribution in [1.29, 1.82) is 0 Å². The highest BCUT2D eigenvalue weighted by Gasteiger charge is 2.32. The smallest absolute Gasteiger partial charge is 0.333 e. The van der Waals surface area contributed by atoms with Gasteiger partial charge in [0.25, 0.3) is 11.8 Å². The highest BCUT2D eigenvalue weighted by Crippen LogP contribution is 2.13. The number of amides is 4. The lowest BCUT2D eigenvalue weighted by Crippen LogP contribution is -2.38. The van der Waals surface area contributed by atoms with Gasteiger partial charge in [0.05, 0.1) is 13.1 Å². The second-order valence-corrected chi connectivity index (χ2v) is 7.09. The van der Waals surface area contributed by atoms with Crippen molar-refractivity contribution in [2.75, 3.05) is 26.3 Å². The van der Waals surface area contributed by atoms with Crippen molar-refractivity contribution >= 4 is 35.4 Å². The Balaban J connectivity index is 1.97. The van der Waals surface area contributed by atoms with Gasteiger partial charge in [0.2, 0.25) is 11.8 Å². The molecule has 174 valence electrons. The van der Waals surface area contributed by atoms with Crippen molar-refractivity contribution in [2.24, 2.45) is 5.73 Å². The molecule has 1 saturated heterocycles. The second kappa shape index (κ2) is 15.0. The van der Waals surface area contributed by atoms with Crippen LogP contribution in [0.3, 0.4) is 0 Å². The first kappa shape index (κ1) is 26.2. The molecule has 5 N–H and O–H groups in total. The molecule has 0 aromatic rings. The molecule has 12 heteroatoms. The maximum absolute atomic E-state index is 11.7. The van der Waals surface area contributed by atoms with Crippen LogP contribution in [-0.4, -0.2) is 66.7 Å². The quantitative estimate of drug-likeness (QED) is 0.120. The summed E-state index contributed by atoms with van der Waals surface area (Å²) in [5.41, 5.74) is 5.05. The van der Waals surface area contributed by atoms with Gasteiger partial charge in [-0.05, 0) is 25.8 Å². The summed E-state index contributed by atoms with van der Waals surface area (Å²) in [6.45, 7) is 1.16. The molecule has 1 fully saturated rings. The maximum Gasteiger partial charge on any atom is 0.333 e. The van der Waals surface area contributed by atoms with Gasteiger partial charge in [-0.15, -0.1) is 5.06 Å². The Kier molecular flexibility index (Phi) is 12.7. The summed E-state index contributed by atoms with van der Waals surface area (Å²) in [6, 6.07) is 0. The molecule has 0 radical (unpaired) electrons. The molecule has 1 aliphatic heterocycles. The Bertz CT molecular complexity index is 652. The van der Waals surface area contributed by atoms with Gasteiger partial charge >= 0.3 is 5.97 Å². The van der Waals surface area contributed by atoms with E-state index < -0.39 is 17.8 Å². The molecule has 1 heterocycles. The number of ketones is 1. The van der Waals surface area contributed by atoms with Crippen LogP contribution >= 0.6 is 0 Å². The number of primary amides is 1. The van der Waals surface area contributed by atoms with E-state index in [1.807, 2.05) is 0 Å². The molecule has 0 spiro atoms. The number of hydroxylamine groups is 2. The van der Waals surface area contributed by atoms with E-state index in [-0.39, 0.29) is 62.8 Å². The predicted octanol–water partition coefficient (Wildman–Crippen LogP) is -1.37. The van der Waals surface area contributed by atoms with Crippen LogP contribution < -0.4 is 21.7 Å². The molecule has 0 aromatic carbocycles. The number of carbonyl (C=O) groups is 6. The minimum absolute atomic E-state index is 0.00894. The van der Waals surface area contributed by atoms with Crippen molar-refractivity contribution in [3.63, 3.8) is 0 Å². The molecule has 0 unspecified atom stereocenters. The minimum atomic E-state index is -0.767.